The maximum Gasteiger partial charge on any atom is 0.340 e. The SMILES string of the molecule is CCN(CC)S(=O)(=O)c1ccc(Cl)c(C(=O)OC(C)C(=O)Nc2ccccc2F)c1. The van der Waals surface area contributed by atoms with E-state index in [0.29, 0.717) is 0 Å². The van der Waals surface area contributed by atoms with Gasteiger partial charge in [-0.2, -0.15) is 4.31 Å². The first kappa shape index (κ1) is 23.8. The Kier molecular flexibility index (Phi) is 7.94. The zero-order valence-electron chi connectivity index (χ0n) is 16.7. The topological polar surface area (TPSA) is 92.8 Å². The average molecular weight is 457 g/mol. The van der Waals surface area contributed by atoms with Crippen LogP contribution in [0.1, 0.15) is 31.1 Å². The van der Waals surface area contributed by atoms with Crippen LogP contribution in [-0.4, -0.2) is 43.8 Å². The molecule has 2 rings (SSSR count). The minimum atomic E-state index is -3.82. The first-order valence-electron chi connectivity index (χ1n) is 9.17. The molecule has 0 saturated carbocycles. The molecule has 1 amide bonds. The van der Waals surface area contributed by atoms with Crippen LogP contribution in [0.3, 0.4) is 0 Å². The molecule has 10 heteroatoms. The summed E-state index contributed by atoms with van der Waals surface area (Å²) < 4.78 is 45.4. The zero-order valence-corrected chi connectivity index (χ0v) is 18.3. The summed E-state index contributed by atoms with van der Waals surface area (Å²) in [5.41, 5.74) is -0.258. The number of ether oxygens (including phenoxy) is 1. The molecule has 1 unspecified atom stereocenters. The van der Waals surface area contributed by atoms with Gasteiger partial charge in [0.15, 0.2) is 6.10 Å². The van der Waals surface area contributed by atoms with Crippen LogP contribution >= 0.6 is 11.6 Å². The van der Waals surface area contributed by atoms with Gasteiger partial charge in [0.2, 0.25) is 10.0 Å². The molecule has 30 heavy (non-hydrogen) atoms. The van der Waals surface area contributed by atoms with Crippen molar-refractivity contribution in [3.63, 3.8) is 0 Å². The Morgan fingerprint density at radius 1 is 1.17 bits per heavy atom. The standard InChI is InChI=1S/C20H22ClFN2O5S/c1-4-24(5-2)30(27,28)14-10-11-16(21)15(12-14)20(26)29-13(3)19(25)23-18-9-7-6-8-17(18)22/h6-13H,4-5H2,1-3H3,(H,23,25). The molecule has 0 saturated heterocycles. The van der Waals surface area contributed by atoms with Crippen LogP contribution < -0.4 is 5.32 Å². The first-order valence-corrected chi connectivity index (χ1v) is 11.0. The number of benzene rings is 2. The van der Waals surface area contributed by atoms with E-state index in [0.717, 1.165) is 6.07 Å². The number of anilines is 1. The third-order valence-corrected chi connectivity index (χ3v) is 6.66. The lowest BCUT2D eigenvalue weighted by molar-refractivity contribution is -0.123. The van der Waals surface area contributed by atoms with Gasteiger partial charge in [0.25, 0.3) is 5.91 Å². The van der Waals surface area contributed by atoms with Crippen LogP contribution in [0.5, 0.6) is 0 Å². The lowest BCUT2D eigenvalue weighted by atomic mass is 10.2. The summed E-state index contributed by atoms with van der Waals surface area (Å²) in [5, 5.41) is 2.29. The minimum Gasteiger partial charge on any atom is -0.449 e. The molecular weight excluding hydrogens is 435 g/mol. The molecule has 162 valence electrons. The number of carbonyl (C=O) groups is 2. The Morgan fingerprint density at radius 3 is 2.40 bits per heavy atom. The quantitative estimate of drug-likeness (QED) is 0.611. The number of hydrogen-bond acceptors (Lipinski definition) is 5. The molecule has 0 heterocycles. The van der Waals surface area contributed by atoms with E-state index in [4.69, 9.17) is 16.3 Å². The van der Waals surface area contributed by atoms with E-state index in [2.05, 4.69) is 5.32 Å². The van der Waals surface area contributed by atoms with Gasteiger partial charge in [0, 0.05) is 13.1 Å². The summed E-state index contributed by atoms with van der Waals surface area (Å²) in [4.78, 5) is 24.6. The number of halogens is 2. The summed E-state index contributed by atoms with van der Waals surface area (Å²) in [6.07, 6.45) is -1.28. The maximum atomic E-state index is 13.7. The normalized spacial score (nSPS) is 12.5. The van der Waals surface area contributed by atoms with Crippen LogP contribution in [-0.2, 0) is 19.6 Å². The molecule has 0 radical (unpaired) electrons. The van der Waals surface area contributed by atoms with Crippen molar-refractivity contribution in [2.75, 3.05) is 18.4 Å². The van der Waals surface area contributed by atoms with Gasteiger partial charge in [-0.15, -0.1) is 0 Å². The molecule has 2 aromatic rings. The predicted molar refractivity (Wildman–Crippen MR) is 111 cm³/mol. The average Bonchev–Trinajstić information content (AvgIpc) is 2.70. The molecule has 0 aromatic heterocycles. The summed E-state index contributed by atoms with van der Waals surface area (Å²) in [5.74, 6) is -2.37. The summed E-state index contributed by atoms with van der Waals surface area (Å²) in [6, 6.07) is 9.22. The Hall–Kier alpha value is -2.49. The largest absolute Gasteiger partial charge is 0.449 e. The number of sulfonamides is 1. The third kappa shape index (κ3) is 5.35. The van der Waals surface area contributed by atoms with Crippen molar-refractivity contribution in [2.45, 2.75) is 31.8 Å². The van der Waals surface area contributed by atoms with Gasteiger partial charge in [0.05, 0.1) is 21.2 Å². The molecule has 0 aliphatic carbocycles. The molecule has 2 aromatic carbocycles. The maximum absolute atomic E-state index is 13.7. The van der Waals surface area contributed by atoms with Crippen molar-refractivity contribution < 1.29 is 27.1 Å². The molecule has 0 spiro atoms. The predicted octanol–water partition coefficient (Wildman–Crippen LogP) is 3.69. The molecular formula is C20H22ClFN2O5S. The highest BCUT2D eigenvalue weighted by atomic mass is 35.5. The number of nitrogens with one attached hydrogen (secondary N) is 1. The van der Waals surface area contributed by atoms with Gasteiger partial charge in [-0.3, -0.25) is 4.79 Å². The van der Waals surface area contributed by atoms with Crippen molar-refractivity contribution >= 4 is 39.2 Å². The minimum absolute atomic E-state index is 0.0276. The van der Waals surface area contributed by atoms with Gasteiger partial charge in [0.1, 0.15) is 5.82 Å². The number of amides is 1. The fourth-order valence-electron chi connectivity index (χ4n) is 2.61. The fraction of sp³-hybridized carbons (Fsp3) is 0.300. The van der Waals surface area contributed by atoms with Crippen molar-refractivity contribution in [2.24, 2.45) is 0 Å². The molecule has 0 fully saturated rings. The highest BCUT2D eigenvalue weighted by molar-refractivity contribution is 7.89. The van der Waals surface area contributed by atoms with Gasteiger partial charge in [-0.05, 0) is 37.3 Å². The van der Waals surface area contributed by atoms with E-state index in [-0.39, 0.29) is 34.3 Å². The number of para-hydroxylation sites is 1. The summed E-state index contributed by atoms with van der Waals surface area (Å²) in [7, 11) is -3.82. The van der Waals surface area contributed by atoms with E-state index < -0.39 is 33.8 Å². The second-order valence-corrected chi connectivity index (χ2v) is 8.59. The van der Waals surface area contributed by atoms with Crippen LogP contribution in [0.25, 0.3) is 0 Å². The van der Waals surface area contributed by atoms with E-state index in [1.54, 1.807) is 13.8 Å². The number of esters is 1. The zero-order chi connectivity index (χ0) is 22.5. The Labute approximate surface area is 179 Å². The molecule has 7 nitrogen and oxygen atoms in total. The van der Waals surface area contributed by atoms with Crippen LogP contribution in [0.4, 0.5) is 10.1 Å². The first-order chi connectivity index (χ1) is 14.1. The van der Waals surface area contributed by atoms with E-state index in [1.807, 2.05) is 0 Å². The molecule has 0 aliphatic rings. The Morgan fingerprint density at radius 2 is 1.80 bits per heavy atom. The van der Waals surface area contributed by atoms with E-state index >= 15 is 0 Å². The van der Waals surface area contributed by atoms with E-state index in [9.17, 15) is 22.4 Å². The molecule has 0 bridgehead atoms. The number of nitrogens with zero attached hydrogens (tertiary/aromatic N) is 1. The van der Waals surface area contributed by atoms with E-state index in [1.165, 1.54) is 47.6 Å². The van der Waals surface area contributed by atoms with Crippen molar-refractivity contribution in [1.82, 2.24) is 4.31 Å². The Bertz CT molecular complexity index is 1040. The van der Waals surface area contributed by atoms with Gasteiger partial charge >= 0.3 is 5.97 Å². The highest BCUT2D eigenvalue weighted by Crippen LogP contribution is 2.24. The van der Waals surface area contributed by atoms with Crippen LogP contribution in [0.15, 0.2) is 47.4 Å². The number of carbonyl (C=O) groups excluding carboxylic acids is 2. The van der Waals surface area contributed by atoms with Crippen molar-refractivity contribution in [3.05, 3.63) is 58.9 Å². The lowest BCUT2D eigenvalue weighted by Gasteiger charge is -2.19. The number of hydrogen-bond donors (Lipinski definition) is 1. The smallest absolute Gasteiger partial charge is 0.340 e. The number of rotatable bonds is 8. The van der Waals surface area contributed by atoms with Crippen molar-refractivity contribution in [3.8, 4) is 0 Å². The van der Waals surface area contributed by atoms with Gasteiger partial charge in [-0.25, -0.2) is 17.6 Å². The fourth-order valence-corrected chi connectivity index (χ4v) is 4.29. The second-order valence-electron chi connectivity index (χ2n) is 6.25. The lowest BCUT2D eigenvalue weighted by Crippen LogP contribution is -2.31. The monoisotopic (exact) mass is 456 g/mol. The van der Waals surface area contributed by atoms with Crippen LogP contribution in [0.2, 0.25) is 5.02 Å². The molecule has 1 atom stereocenters. The highest BCUT2D eigenvalue weighted by Gasteiger charge is 2.26. The second kappa shape index (κ2) is 10.0. The summed E-state index contributed by atoms with van der Waals surface area (Å²) >= 11 is 6.04. The van der Waals surface area contributed by atoms with Gasteiger partial charge in [-0.1, -0.05) is 37.6 Å². The van der Waals surface area contributed by atoms with Crippen molar-refractivity contribution in [1.29, 1.82) is 0 Å². The molecule has 0 aliphatic heterocycles. The van der Waals surface area contributed by atoms with Crippen LogP contribution in [0, 0.1) is 5.82 Å². The summed E-state index contributed by atoms with van der Waals surface area (Å²) in [6.45, 7) is 5.21. The van der Waals surface area contributed by atoms with Gasteiger partial charge < -0.3 is 10.1 Å². The Balaban J connectivity index is 2.20. The third-order valence-electron chi connectivity index (χ3n) is 4.29. The molecule has 1 N–H and O–H groups in total.